The van der Waals surface area contributed by atoms with E-state index < -0.39 is 0 Å². The summed E-state index contributed by atoms with van der Waals surface area (Å²) in [5.74, 6) is 1.92. The van der Waals surface area contributed by atoms with Crippen molar-refractivity contribution < 1.29 is 4.74 Å². The summed E-state index contributed by atoms with van der Waals surface area (Å²) in [6.45, 7) is 13.8. The molecule has 11 aromatic rings. The van der Waals surface area contributed by atoms with Crippen molar-refractivity contribution in [3.05, 3.63) is 223 Å². The maximum absolute atomic E-state index is 7.39. The van der Waals surface area contributed by atoms with Crippen molar-refractivity contribution in [3.63, 3.8) is 0 Å². The van der Waals surface area contributed by atoms with Gasteiger partial charge >= 0.3 is 0 Å². The van der Waals surface area contributed by atoms with Crippen molar-refractivity contribution in [2.24, 2.45) is 0 Å². The Morgan fingerprint density at radius 3 is 1.62 bits per heavy atom. The van der Waals surface area contributed by atoms with Crippen LogP contribution in [0.1, 0.15) is 52.7 Å². The second-order valence-electron chi connectivity index (χ2n) is 21.3. The lowest BCUT2D eigenvalue weighted by Gasteiger charge is -2.41. The molecule has 0 spiro atoms. The minimum absolute atomic E-state index is 0.00570. The van der Waals surface area contributed by atoms with Gasteiger partial charge in [0.2, 0.25) is 0 Å². The zero-order valence-electron chi connectivity index (χ0n) is 41.0. The van der Waals surface area contributed by atoms with Crippen LogP contribution in [-0.2, 0) is 10.8 Å². The predicted octanol–water partition coefficient (Wildman–Crippen LogP) is 17.0. The molecule has 5 heteroatoms. The van der Waals surface area contributed by atoms with E-state index in [2.05, 4.69) is 264 Å². The van der Waals surface area contributed by atoms with Crippen LogP contribution in [0.15, 0.2) is 212 Å². The highest BCUT2D eigenvalue weighted by Crippen LogP contribution is 2.50. The second-order valence-corrected chi connectivity index (χ2v) is 22.4. The average Bonchev–Trinajstić information content (AvgIpc) is 3.76. The lowest BCUT2D eigenvalue weighted by atomic mass is 9.36. The van der Waals surface area contributed by atoms with Gasteiger partial charge in [0.15, 0.2) is 0 Å². The molecule has 0 saturated carbocycles. The summed E-state index contributed by atoms with van der Waals surface area (Å²) < 4.78 is 9.89. The first-order valence-corrected chi connectivity index (χ1v) is 25.7. The van der Waals surface area contributed by atoms with Gasteiger partial charge in [-0.2, -0.15) is 0 Å². The highest BCUT2D eigenvalue weighted by molar-refractivity contribution is 7.33. The average molecular weight is 933 g/mol. The molecule has 342 valence electrons. The van der Waals surface area contributed by atoms with Gasteiger partial charge < -0.3 is 14.5 Å². The maximum atomic E-state index is 7.39. The Kier molecular flexibility index (Phi) is 9.96. The van der Waals surface area contributed by atoms with Crippen molar-refractivity contribution in [1.82, 2.24) is 0 Å². The molecular weight excluding hydrogens is 880 g/mol. The molecule has 71 heavy (non-hydrogen) atoms. The van der Waals surface area contributed by atoms with Crippen LogP contribution in [0, 0.1) is 0 Å². The quantitative estimate of drug-likeness (QED) is 0.122. The Balaban J connectivity index is 1.14. The summed E-state index contributed by atoms with van der Waals surface area (Å²) in [5.41, 5.74) is 16.4. The Bertz CT molecular complexity index is 3830. The standard InChI is InChI=1S/C66H53BN2OS/c1-65(2,3)44-31-36-59-54(37-44)63-64(71-59)67-55-35-33-49(68(46-25-15-9-16-26-46)47-27-17-10-18-28-47)41-56(55)69(57-38-45(66(4,5)6)39-58(70-63)62(57)67)48-32-34-52-53(40-48)61(43-23-13-8-14-24-43)51-30-20-19-29-50(51)60(52)42-21-11-7-12-22-42/h7-41H,1-6H3. The van der Waals surface area contributed by atoms with E-state index in [9.17, 15) is 0 Å². The fraction of sp³-hybridized carbons (Fsp3) is 0.121. The Labute approximate surface area is 421 Å². The monoisotopic (exact) mass is 932 g/mol. The predicted molar refractivity (Wildman–Crippen MR) is 306 cm³/mol. The molecule has 2 aliphatic heterocycles. The zero-order chi connectivity index (χ0) is 48.2. The minimum atomic E-state index is -0.167. The van der Waals surface area contributed by atoms with Crippen molar-refractivity contribution in [3.8, 4) is 33.8 Å². The first-order valence-electron chi connectivity index (χ1n) is 24.9. The molecule has 0 amide bonds. The largest absolute Gasteiger partial charge is 0.457 e. The molecule has 3 heterocycles. The maximum Gasteiger partial charge on any atom is 0.268 e. The first-order chi connectivity index (χ1) is 34.5. The number of hydrogen-bond donors (Lipinski definition) is 0. The third-order valence-electron chi connectivity index (χ3n) is 14.8. The van der Waals surface area contributed by atoms with Crippen molar-refractivity contribution in [2.45, 2.75) is 52.4 Å². The molecular formula is C66H53BN2OS. The molecule has 0 saturated heterocycles. The summed E-state index contributed by atoms with van der Waals surface area (Å²) in [4.78, 5) is 4.95. The van der Waals surface area contributed by atoms with E-state index in [1.165, 1.54) is 80.7 Å². The molecule has 0 aliphatic carbocycles. The van der Waals surface area contributed by atoms with E-state index in [-0.39, 0.29) is 17.5 Å². The number of ether oxygens (including phenoxy) is 1. The summed E-state index contributed by atoms with van der Waals surface area (Å²) >= 11 is 1.88. The Morgan fingerprint density at radius 1 is 0.451 bits per heavy atom. The number of nitrogens with zero attached hydrogens (tertiary/aromatic N) is 2. The van der Waals surface area contributed by atoms with Gasteiger partial charge in [0.05, 0.1) is 0 Å². The van der Waals surface area contributed by atoms with E-state index in [1.54, 1.807) is 0 Å². The number of para-hydroxylation sites is 2. The number of anilines is 6. The van der Waals surface area contributed by atoms with E-state index in [0.29, 0.717) is 0 Å². The molecule has 0 atom stereocenters. The fourth-order valence-corrected chi connectivity index (χ4v) is 12.5. The summed E-state index contributed by atoms with van der Waals surface area (Å²) in [7, 11) is 0. The first kappa shape index (κ1) is 43.2. The summed E-state index contributed by atoms with van der Waals surface area (Å²) in [5, 5.41) is 6.10. The molecule has 0 N–H and O–H groups in total. The lowest BCUT2D eigenvalue weighted by Crippen LogP contribution is -2.58. The van der Waals surface area contributed by atoms with Gasteiger partial charge in [-0.05, 0) is 149 Å². The molecule has 2 aliphatic rings. The van der Waals surface area contributed by atoms with E-state index in [4.69, 9.17) is 4.74 Å². The molecule has 13 rings (SSSR count). The van der Waals surface area contributed by atoms with Crippen LogP contribution in [0.2, 0.25) is 0 Å². The number of benzene rings is 10. The van der Waals surface area contributed by atoms with Crippen LogP contribution in [0.3, 0.4) is 0 Å². The Hall–Kier alpha value is -7.86. The molecule has 10 aromatic carbocycles. The number of rotatable bonds is 6. The molecule has 0 unspecified atom stereocenters. The summed E-state index contributed by atoms with van der Waals surface area (Å²) in [6, 6.07) is 78.6. The van der Waals surface area contributed by atoms with Gasteiger partial charge in [-0.25, -0.2) is 0 Å². The van der Waals surface area contributed by atoms with Gasteiger partial charge in [0.25, 0.3) is 6.71 Å². The van der Waals surface area contributed by atoms with Crippen LogP contribution in [0.5, 0.6) is 11.5 Å². The van der Waals surface area contributed by atoms with Gasteiger partial charge in [-0.1, -0.05) is 181 Å². The number of fused-ring (bicyclic) bond motifs is 8. The minimum Gasteiger partial charge on any atom is -0.457 e. The third kappa shape index (κ3) is 7.08. The van der Waals surface area contributed by atoms with Gasteiger partial charge in [0.1, 0.15) is 11.5 Å². The zero-order valence-corrected chi connectivity index (χ0v) is 41.8. The van der Waals surface area contributed by atoms with E-state index in [0.717, 1.165) is 45.6 Å². The van der Waals surface area contributed by atoms with Gasteiger partial charge in [-0.3, -0.25) is 0 Å². The van der Waals surface area contributed by atoms with E-state index >= 15 is 0 Å². The van der Waals surface area contributed by atoms with Gasteiger partial charge in [0, 0.05) is 49.0 Å². The normalized spacial score (nSPS) is 13.0. The molecule has 3 nitrogen and oxygen atoms in total. The highest BCUT2D eigenvalue weighted by atomic mass is 32.1. The van der Waals surface area contributed by atoms with Crippen LogP contribution in [0.4, 0.5) is 34.1 Å². The van der Waals surface area contributed by atoms with Gasteiger partial charge in [-0.15, -0.1) is 11.3 Å². The molecule has 0 radical (unpaired) electrons. The highest BCUT2D eigenvalue weighted by Gasteiger charge is 2.45. The molecule has 0 fully saturated rings. The smallest absolute Gasteiger partial charge is 0.268 e. The Morgan fingerprint density at radius 2 is 1.01 bits per heavy atom. The second kappa shape index (κ2) is 16.4. The molecule has 1 aromatic heterocycles. The molecule has 0 bridgehead atoms. The van der Waals surface area contributed by atoms with E-state index in [1.807, 2.05) is 11.3 Å². The van der Waals surface area contributed by atoms with Crippen molar-refractivity contribution >= 4 is 99.5 Å². The topological polar surface area (TPSA) is 15.7 Å². The SMILES string of the molecule is CC(C)(C)c1cc2c3c(c1)N(c1ccc4c(-c5ccccc5)c5ccccc5c(-c5ccccc5)c4c1)c1cc(N(c4ccccc4)c4ccccc4)ccc1B3c1sc3ccc(C(C)(C)C)cc3c1O2. The third-order valence-corrected chi connectivity index (χ3v) is 16.0. The van der Waals surface area contributed by atoms with Crippen molar-refractivity contribution in [2.75, 3.05) is 9.80 Å². The summed E-state index contributed by atoms with van der Waals surface area (Å²) in [6.07, 6.45) is 0. The van der Waals surface area contributed by atoms with Crippen molar-refractivity contribution in [1.29, 1.82) is 0 Å². The van der Waals surface area contributed by atoms with Crippen LogP contribution in [-0.4, -0.2) is 6.71 Å². The number of thiophene rings is 1. The van der Waals surface area contributed by atoms with Crippen LogP contribution >= 0.6 is 11.3 Å². The van der Waals surface area contributed by atoms with Crippen LogP contribution in [0.25, 0.3) is 53.9 Å². The lowest BCUT2D eigenvalue weighted by molar-refractivity contribution is 0.490. The van der Waals surface area contributed by atoms with Crippen LogP contribution < -0.4 is 30.2 Å². The number of hydrogen-bond acceptors (Lipinski definition) is 4. The fourth-order valence-electron chi connectivity index (χ4n) is 11.3.